The van der Waals surface area contributed by atoms with E-state index in [9.17, 15) is 0 Å². The van der Waals surface area contributed by atoms with Crippen molar-refractivity contribution in [3.05, 3.63) is 91.0 Å². The van der Waals surface area contributed by atoms with Gasteiger partial charge < -0.3 is 25.9 Å². The lowest BCUT2D eigenvalue weighted by Gasteiger charge is -2.09. The van der Waals surface area contributed by atoms with E-state index in [2.05, 4.69) is 9.97 Å². The molecule has 0 saturated heterocycles. The lowest BCUT2D eigenvalue weighted by molar-refractivity contribution is 0.469. The predicted molar refractivity (Wildman–Crippen MR) is 123 cm³/mol. The normalized spacial score (nSPS) is 10.8. The van der Waals surface area contributed by atoms with Crippen LogP contribution in [0.4, 0.5) is 11.4 Å². The van der Waals surface area contributed by atoms with Crippen LogP contribution in [0.1, 0.15) is 0 Å². The molecule has 4 aromatic carbocycles. The number of nitrogen functional groups attached to an aromatic ring is 2. The van der Waals surface area contributed by atoms with Crippen molar-refractivity contribution in [3.8, 4) is 34.4 Å². The Kier molecular flexibility index (Phi) is 4.65. The van der Waals surface area contributed by atoms with Crippen molar-refractivity contribution < 1.29 is 9.47 Å². The van der Waals surface area contributed by atoms with Crippen LogP contribution in [0.25, 0.3) is 22.4 Å². The highest BCUT2D eigenvalue weighted by atomic mass is 16.5. The molecule has 6 heteroatoms. The molecule has 0 bridgehead atoms. The quantitative estimate of drug-likeness (QED) is 0.311. The van der Waals surface area contributed by atoms with E-state index in [1.165, 1.54) is 0 Å². The first-order valence-corrected chi connectivity index (χ1v) is 9.79. The number of fused-ring (bicyclic) bond motifs is 1. The molecule has 5 rings (SSSR count). The third-order valence-electron chi connectivity index (χ3n) is 4.81. The molecular weight excluding hydrogens is 388 g/mol. The van der Waals surface area contributed by atoms with Crippen LogP contribution in [0, 0.1) is 0 Å². The number of hydrogen-bond donors (Lipinski definition) is 3. The zero-order valence-corrected chi connectivity index (χ0v) is 16.6. The van der Waals surface area contributed by atoms with E-state index in [0.717, 1.165) is 45.4 Å². The molecule has 0 aliphatic carbocycles. The first-order chi connectivity index (χ1) is 15.1. The molecule has 0 fully saturated rings. The minimum Gasteiger partial charge on any atom is -0.457 e. The highest BCUT2D eigenvalue weighted by Crippen LogP contribution is 2.29. The fraction of sp³-hybridized carbons (Fsp3) is 0. The van der Waals surface area contributed by atoms with E-state index >= 15 is 0 Å². The van der Waals surface area contributed by atoms with Gasteiger partial charge in [-0.2, -0.15) is 0 Å². The minimum absolute atomic E-state index is 0.701. The molecule has 0 radical (unpaired) electrons. The summed E-state index contributed by atoms with van der Waals surface area (Å²) in [5.41, 5.74) is 15.7. The van der Waals surface area contributed by atoms with Gasteiger partial charge in [0.1, 0.15) is 28.8 Å². The third-order valence-corrected chi connectivity index (χ3v) is 4.81. The number of aromatic amines is 1. The number of hydrogen-bond acceptors (Lipinski definition) is 5. The number of H-pyrrole nitrogens is 1. The number of aromatic nitrogens is 2. The summed E-state index contributed by atoms with van der Waals surface area (Å²) in [5, 5.41) is 0. The van der Waals surface area contributed by atoms with Crippen molar-refractivity contribution in [1.29, 1.82) is 0 Å². The molecule has 0 amide bonds. The largest absolute Gasteiger partial charge is 0.457 e. The van der Waals surface area contributed by atoms with Crippen LogP contribution in [-0.2, 0) is 0 Å². The number of anilines is 2. The molecule has 152 valence electrons. The van der Waals surface area contributed by atoms with Gasteiger partial charge in [-0.3, -0.25) is 0 Å². The maximum Gasteiger partial charge on any atom is 0.138 e. The van der Waals surface area contributed by atoms with Crippen LogP contribution in [-0.4, -0.2) is 9.97 Å². The molecule has 1 aromatic heterocycles. The second-order valence-corrected chi connectivity index (χ2v) is 7.13. The molecule has 31 heavy (non-hydrogen) atoms. The summed E-state index contributed by atoms with van der Waals surface area (Å²) in [4.78, 5) is 7.91. The summed E-state index contributed by atoms with van der Waals surface area (Å²) in [7, 11) is 0. The first-order valence-electron chi connectivity index (χ1n) is 9.79. The van der Waals surface area contributed by atoms with E-state index in [0.29, 0.717) is 11.4 Å². The standard InChI is InChI=1S/C25H20N4O2/c26-17-3-8-20(9-4-17)31-22-12-10-21(11-13-22)30-19-6-1-16(2-7-19)25-28-23-14-5-18(27)15-24(23)29-25/h1-15H,26-27H2,(H,28,29). The molecule has 0 unspecified atom stereocenters. The molecule has 5 N–H and O–H groups in total. The topological polar surface area (TPSA) is 99.2 Å². The van der Waals surface area contributed by atoms with Crippen LogP contribution in [0.3, 0.4) is 0 Å². The molecule has 0 atom stereocenters. The smallest absolute Gasteiger partial charge is 0.138 e. The van der Waals surface area contributed by atoms with Crippen LogP contribution in [0.2, 0.25) is 0 Å². The fourth-order valence-electron chi connectivity index (χ4n) is 3.23. The molecule has 0 aliphatic rings. The average molecular weight is 408 g/mol. The van der Waals surface area contributed by atoms with Gasteiger partial charge in [0.25, 0.3) is 0 Å². The van der Waals surface area contributed by atoms with Crippen LogP contribution >= 0.6 is 0 Å². The maximum atomic E-state index is 5.95. The Morgan fingerprint density at radius 3 is 1.65 bits per heavy atom. The Bertz CT molecular complexity index is 1330. The summed E-state index contributed by atoms with van der Waals surface area (Å²) in [6, 6.07) is 28.1. The number of ether oxygens (including phenoxy) is 2. The van der Waals surface area contributed by atoms with Crippen molar-refractivity contribution >= 4 is 22.4 Å². The number of rotatable bonds is 5. The van der Waals surface area contributed by atoms with E-state index in [-0.39, 0.29) is 0 Å². The summed E-state index contributed by atoms with van der Waals surface area (Å²) in [6.07, 6.45) is 0. The number of nitrogens with zero attached hydrogens (tertiary/aromatic N) is 1. The van der Waals surface area contributed by atoms with Crippen molar-refractivity contribution in [1.82, 2.24) is 9.97 Å². The Labute approximate surface area is 179 Å². The lowest BCUT2D eigenvalue weighted by Crippen LogP contribution is -1.88. The lowest BCUT2D eigenvalue weighted by atomic mass is 10.2. The molecule has 5 aromatic rings. The van der Waals surface area contributed by atoms with Crippen molar-refractivity contribution in [3.63, 3.8) is 0 Å². The van der Waals surface area contributed by atoms with Crippen LogP contribution in [0.5, 0.6) is 23.0 Å². The van der Waals surface area contributed by atoms with Gasteiger partial charge >= 0.3 is 0 Å². The first kappa shape index (κ1) is 18.6. The Morgan fingerprint density at radius 1 is 0.581 bits per heavy atom. The van der Waals surface area contributed by atoms with Crippen LogP contribution in [0.15, 0.2) is 91.0 Å². The predicted octanol–water partition coefficient (Wildman–Crippen LogP) is 5.98. The van der Waals surface area contributed by atoms with Gasteiger partial charge in [-0.05, 0) is 91.0 Å². The van der Waals surface area contributed by atoms with Crippen molar-refractivity contribution in [2.24, 2.45) is 0 Å². The summed E-state index contributed by atoms with van der Waals surface area (Å²) in [6.45, 7) is 0. The zero-order chi connectivity index (χ0) is 21.2. The van der Waals surface area contributed by atoms with Gasteiger partial charge in [0.15, 0.2) is 0 Å². The van der Waals surface area contributed by atoms with Crippen molar-refractivity contribution in [2.45, 2.75) is 0 Å². The van der Waals surface area contributed by atoms with Crippen molar-refractivity contribution in [2.75, 3.05) is 11.5 Å². The van der Waals surface area contributed by atoms with E-state index in [4.69, 9.17) is 20.9 Å². The monoisotopic (exact) mass is 408 g/mol. The fourth-order valence-corrected chi connectivity index (χ4v) is 3.23. The van der Waals surface area contributed by atoms with E-state index in [1.807, 2.05) is 78.9 Å². The van der Waals surface area contributed by atoms with Gasteiger partial charge in [0.05, 0.1) is 11.0 Å². The van der Waals surface area contributed by atoms with E-state index in [1.54, 1.807) is 12.1 Å². The van der Waals surface area contributed by atoms with Gasteiger partial charge in [-0.1, -0.05) is 0 Å². The highest BCUT2D eigenvalue weighted by Gasteiger charge is 2.07. The summed E-state index contributed by atoms with van der Waals surface area (Å²) < 4.78 is 11.8. The number of imidazole rings is 1. The maximum absolute atomic E-state index is 5.95. The highest BCUT2D eigenvalue weighted by molar-refractivity contribution is 5.82. The molecule has 0 saturated carbocycles. The number of nitrogens with one attached hydrogen (secondary N) is 1. The minimum atomic E-state index is 0.701. The summed E-state index contributed by atoms with van der Waals surface area (Å²) >= 11 is 0. The molecular formula is C25H20N4O2. The molecule has 1 heterocycles. The SMILES string of the molecule is Nc1ccc(Oc2ccc(Oc3ccc(-c4nc5ccc(N)cc5[nH]4)cc3)cc2)cc1. The van der Waals surface area contributed by atoms with E-state index < -0.39 is 0 Å². The van der Waals surface area contributed by atoms with Gasteiger partial charge in [-0.15, -0.1) is 0 Å². The molecule has 6 nitrogen and oxygen atoms in total. The second-order valence-electron chi connectivity index (χ2n) is 7.13. The van der Waals surface area contributed by atoms with Gasteiger partial charge in [0.2, 0.25) is 0 Å². The third kappa shape index (κ3) is 4.13. The average Bonchev–Trinajstić information content (AvgIpc) is 3.20. The second kappa shape index (κ2) is 7.76. The Morgan fingerprint density at radius 2 is 1.06 bits per heavy atom. The molecule has 0 spiro atoms. The molecule has 0 aliphatic heterocycles. The van der Waals surface area contributed by atoms with Crippen LogP contribution < -0.4 is 20.9 Å². The summed E-state index contributed by atoms with van der Waals surface area (Å²) in [5.74, 6) is 3.69. The number of benzene rings is 4. The Balaban J connectivity index is 1.27. The van der Waals surface area contributed by atoms with Gasteiger partial charge in [-0.25, -0.2) is 4.98 Å². The Hall–Kier alpha value is -4.45. The number of nitrogens with two attached hydrogens (primary N) is 2. The zero-order valence-electron chi connectivity index (χ0n) is 16.6. The van der Waals surface area contributed by atoms with Gasteiger partial charge in [0, 0.05) is 16.9 Å².